The summed E-state index contributed by atoms with van der Waals surface area (Å²) in [5.74, 6) is 5.76. The lowest BCUT2D eigenvalue weighted by atomic mass is 10.1. The maximum Gasteiger partial charge on any atom is 0.120 e. The SMILES string of the molecule is CC(C)(O)C#Cc1ccc(C=Cc2ccccc2)cc1. The molecule has 1 N–H and O–H groups in total. The van der Waals surface area contributed by atoms with E-state index in [-0.39, 0.29) is 0 Å². The molecule has 0 atom stereocenters. The van der Waals surface area contributed by atoms with Gasteiger partial charge in [-0.25, -0.2) is 0 Å². The Morgan fingerprint density at radius 2 is 1.40 bits per heavy atom. The van der Waals surface area contributed by atoms with Gasteiger partial charge in [0, 0.05) is 5.56 Å². The van der Waals surface area contributed by atoms with Gasteiger partial charge in [0.25, 0.3) is 0 Å². The second-order valence-corrected chi connectivity index (χ2v) is 5.18. The first-order valence-electron chi connectivity index (χ1n) is 6.62. The van der Waals surface area contributed by atoms with Gasteiger partial charge in [0.15, 0.2) is 0 Å². The molecule has 1 heteroatoms. The van der Waals surface area contributed by atoms with Crippen molar-refractivity contribution in [1.29, 1.82) is 0 Å². The predicted octanol–water partition coefficient (Wildman–Crippen LogP) is 3.98. The lowest BCUT2D eigenvalue weighted by Crippen LogP contribution is -2.14. The fourth-order valence-corrected chi connectivity index (χ4v) is 1.66. The molecule has 0 spiro atoms. The summed E-state index contributed by atoms with van der Waals surface area (Å²) in [4.78, 5) is 0. The molecule has 0 bridgehead atoms. The van der Waals surface area contributed by atoms with Crippen LogP contribution in [-0.4, -0.2) is 10.7 Å². The highest BCUT2D eigenvalue weighted by molar-refractivity contribution is 5.69. The summed E-state index contributed by atoms with van der Waals surface area (Å²) < 4.78 is 0. The van der Waals surface area contributed by atoms with Gasteiger partial charge in [-0.15, -0.1) is 0 Å². The van der Waals surface area contributed by atoms with Crippen molar-refractivity contribution in [3.63, 3.8) is 0 Å². The molecule has 20 heavy (non-hydrogen) atoms. The van der Waals surface area contributed by atoms with E-state index in [0.717, 1.165) is 11.1 Å². The molecule has 0 amide bonds. The average Bonchev–Trinajstić information content (AvgIpc) is 2.44. The van der Waals surface area contributed by atoms with Gasteiger partial charge in [-0.05, 0) is 37.1 Å². The molecule has 0 aliphatic heterocycles. The minimum absolute atomic E-state index is 0.906. The molecule has 0 saturated carbocycles. The van der Waals surface area contributed by atoms with Crippen molar-refractivity contribution in [2.75, 3.05) is 0 Å². The van der Waals surface area contributed by atoms with Crippen LogP contribution in [0.2, 0.25) is 0 Å². The second kappa shape index (κ2) is 6.23. The Bertz CT molecular complexity index is 632. The Hall–Kier alpha value is -2.30. The Balaban J connectivity index is 2.09. The molecular weight excluding hydrogens is 244 g/mol. The summed E-state index contributed by atoms with van der Waals surface area (Å²) in [5.41, 5.74) is 2.26. The van der Waals surface area contributed by atoms with Crippen molar-refractivity contribution >= 4 is 12.2 Å². The lowest BCUT2D eigenvalue weighted by Gasteiger charge is -2.05. The molecule has 2 rings (SSSR count). The summed E-state index contributed by atoms with van der Waals surface area (Å²) in [6.07, 6.45) is 4.15. The predicted molar refractivity (Wildman–Crippen MR) is 85.0 cm³/mol. The molecule has 0 radical (unpaired) electrons. The van der Waals surface area contributed by atoms with E-state index in [1.54, 1.807) is 13.8 Å². The topological polar surface area (TPSA) is 20.2 Å². The van der Waals surface area contributed by atoms with Crippen molar-refractivity contribution in [3.05, 3.63) is 71.3 Å². The molecule has 2 aromatic carbocycles. The first-order valence-corrected chi connectivity index (χ1v) is 6.62. The Morgan fingerprint density at radius 3 is 1.95 bits per heavy atom. The van der Waals surface area contributed by atoms with Crippen LogP contribution in [0.5, 0.6) is 0 Å². The molecule has 0 aromatic heterocycles. The summed E-state index contributed by atoms with van der Waals surface area (Å²) in [7, 11) is 0. The third kappa shape index (κ3) is 4.76. The zero-order chi connectivity index (χ0) is 14.4. The summed E-state index contributed by atoms with van der Waals surface area (Å²) in [6, 6.07) is 18.2. The Labute approximate surface area is 120 Å². The average molecular weight is 262 g/mol. The van der Waals surface area contributed by atoms with E-state index in [1.807, 2.05) is 42.5 Å². The van der Waals surface area contributed by atoms with Gasteiger partial charge >= 0.3 is 0 Å². The molecule has 0 aliphatic rings. The van der Waals surface area contributed by atoms with Crippen molar-refractivity contribution in [1.82, 2.24) is 0 Å². The number of hydrogen-bond acceptors (Lipinski definition) is 1. The highest BCUT2D eigenvalue weighted by Gasteiger charge is 2.05. The molecule has 2 aromatic rings. The number of hydrogen-bond donors (Lipinski definition) is 1. The monoisotopic (exact) mass is 262 g/mol. The summed E-state index contributed by atoms with van der Waals surface area (Å²) in [6.45, 7) is 3.36. The van der Waals surface area contributed by atoms with Gasteiger partial charge in [-0.3, -0.25) is 0 Å². The first kappa shape index (κ1) is 14.1. The standard InChI is InChI=1S/C19H18O/c1-19(2,20)15-14-18-12-10-17(11-13-18)9-8-16-6-4-3-5-7-16/h3-13,20H,1-2H3. The van der Waals surface area contributed by atoms with Gasteiger partial charge in [0.1, 0.15) is 5.60 Å². The van der Waals surface area contributed by atoms with E-state index in [1.165, 1.54) is 5.56 Å². The normalized spacial score (nSPS) is 11.2. The van der Waals surface area contributed by atoms with Gasteiger partial charge in [-0.1, -0.05) is 66.5 Å². The summed E-state index contributed by atoms with van der Waals surface area (Å²) >= 11 is 0. The fourth-order valence-electron chi connectivity index (χ4n) is 1.66. The molecular formula is C19H18O. The van der Waals surface area contributed by atoms with Crippen LogP contribution in [0.1, 0.15) is 30.5 Å². The molecule has 0 aliphatic carbocycles. The second-order valence-electron chi connectivity index (χ2n) is 5.18. The minimum atomic E-state index is -0.952. The molecule has 0 heterocycles. The van der Waals surface area contributed by atoms with Crippen LogP contribution in [0.3, 0.4) is 0 Å². The number of benzene rings is 2. The third-order valence-corrected chi connectivity index (χ3v) is 2.69. The van der Waals surface area contributed by atoms with E-state index in [9.17, 15) is 5.11 Å². The Morgan fingerprint density at radius 1 is 0.850 bits per heavy atom. The highest BCUT2D eigenvalue weighted by atomic mass is 16.3. The lowest BCUT2D eigenvalue weighted by molar-refractivity contribution is 0.143. The van der Waals surface area contributed by atoms with Crippen molar-refractivity contribution in [2.24, 2.45) is 0 Å². The zero-order valence-electron chi connectivity index (χ0n) is 11.8. The van der Waals surface area contributed by atoms with Crippen molar-refractivity contribution in [3.8, 4) is 11.8 Å². The van der Waals surface area contributed by atoms with Crippen LogP contribution in [0.25, 0.3) is 12.2 Å². The molecule has 100 valence electrons. The third-order valence-electron chi connectivity index (χ3n) is 2.69. The van der Waals surface area contributed by atoms with E-state index in [2.05, 4.69) is 36.1 Å². The highest BCUT2D eigenvalue weighted by Crippen LogP contribution is 2.09. The first-order chi connectivity index (χ1) is 9.53. The van der Waals surface area contributed by atoms with E-state index < -0.39 is 5.60 Å². The van der Waals surface area contributed by atoms with Crippen LogP contribution >= 0.6 is 0 Å². The quantitative estimate of drug-likeness (QED) is 0.641. The molecule has 1 nitrogen and oxygen atoms in total. The molecule has 0 unspecified atom stereocenters. The van der Waals surface area contributed by atoms with Crippen LogP contribution < -0.4 is 0 Å². The van der Waals surface area contributed by atoms with Crippen molar-refractivity contribution < 1.29 is 5.11 Å². The Kier molecular flexibility index (Phi) is 4.40. The van der Waals surface area contributed by atoms with Gasteiger partial charge in [0.05, 0.1) is 0 Å². The number of rotatable bonds is 2. The molecule has 0 fully saturated rings. The van der Waals surface area contributed by atoms with E-state index in [0.29, 0.717) is 0 Å². The zero-order valence-corrected chi connectivity index (χ0v) is 11.8. The maximum absolute atomic E-state index is 9.56. The molecule has 0 saturated heterocycles. The van der Waals surface area contributed by atoms with Crippen LogP contribution in [0, 0.1) is 11.8 Å². The maximum atomic E-state index is 9.56. The largest absolute Gasteiger partial charge is 0.378 e. The van der Waals surface area contributed by atoms with Crippen LogP contribution in [0.4, 0.5) is 0 Å². The van der Waals surface area contributed by atoms with Gasteiger partial charge in [-0.2, -0.15) is 0 Å². The summed E-state index contributed by atoms with van der Waals surface area (Å²) in [5, 5.41) is 9.56. The number of aliphatic hydroxyl groups is 1. The van der Waals surface area contributed by atoms with Crippen molar-refractivity contribution in [2.45, 2.75) is 19.4 Å². The fraction of sp³-hybridized carbons (Fsp3) is 0.158. The van der Waals surface area contributed by atoms with Gasteiger partial charge in [0.2, 0.25) is 0 Å². The van der Waals surface area contributed by atoms with Crippen LogP contribution in [0.15, 0.2) is 54.6 Å². The minimum Gasteiger partial charge on any atom is -0.378 e. The van der Waals surface area contributed by atoms with Crippen LogP contribution in [-0.2, 0) is 0 Å². The van der Waals surface area contributed by atoms with E-state index >= 15 is 0 Å². The van der Waals surface area contributed by atoms with Gasteiger partial charge < -0.3 is 5.11 Å². The van der Waals surface area contributed by atoms with E-state index in [4.69, 9.17) is 0 Å². The smallest absolute Gasteiger partial charge is 0.120 e.